The Morgan fingerprint density at radius 3 is 2.35 bits per heavy atom. The molecule has 2 aliphatic rings. The zero-order valence-electron chi connectivity index (χ0n) is 24.5. The zero-order valence-corrected chi connectivity index (χ0v) is 26.1. The molecule has 2 heterocycles. The van der Waals surface area contributed by atoms with Gasteiger partial charge in [-0.3, -0.25) is 9.69 Å². The standard InChI is InChI=1S/C34H42Cl2N2O2/c1-22(2)28(19-30(39)40)33(38-16-13-34(5,6)14-17-38)31(23(3)4)25-10-11-26-20-37(15-12-24(26)18-25)21-27-8-7-9-29(35)32(27)36/h7-11,18H,1,12-17,19-21H2,2-6H3,(H,39,40)/b33-28+. The van der Waals surface area contributed by atoms with Gasteiger partial charge in [0.25, 0.3) is 0 Å². The van der Waals surface area contributed by atoms with Gasteiger partial charge in [0.05, 0.1) is 16.5 Å². The number of fused-ring (bicyclic) bond motifs is 1. The van der Waals surface area contributed by atoms with Gasteiger partial charge in [0.2, 0.25) is 0 Å². The number of rotatable bonds is 8. The summed E-state index contributed by atoms with van der Waals surface area (Å²) in [7, 11) is 0. The summed E-state index contributed by atoms with van der Waals surface area (Å²) in [5.41, 5.74) is 10.1. The summed E-state index contributed by atoms with van der Waals surface area (Å²) < 4.78 is 0. The molecule has 1 saturated heterocycles. The highest BCUT2D eigenvalue weighted by Crippen LogP contribution is 2.40. The van der Waals surface area contributed by atoms with Crippen molar-refractivity contribution in [3.05, 3.63) is 97.7 Å². The predicted molar refractivity (Wildman–Crippen MR) is 168 cm³/mol. The van der Waals surface area contributed by atoms with Gasteiger partial charge in [0.15, 0.2) is 0 Å². The quantitative estimate of drug-likeness (QED) is 0.317. The van der Waals surface area contributed by atoms with Gasteiger partial charge < -0.3 is 10.0 Å². The first-order chi connectivity index (χ1) is 18.9. The Kier molecular flexibility index (Phi) is 9.55. The van der Waals surface area contributed by atoms with Crippen LogP contribution in [0.15, 0.2) is 65.4 Å². The van der Waals surface area contributed by atoms with Crippen LogP contribution >= 0.6 is 23.2 Å². The van der Waals surface area contributed by atoms with Crippen molar-refractivity contribution >= 4 is 34.7 Å². The van der Waals surface area contributed by atoms with Crippen molar-refractivity contribution in [3.63, 3.8) is 0 Å². The minimum absolute atomic E-state index is 0.0344. The first-order valence-corrected chi connectivity index (χ1v) is 14.9. The number of allylic oxidation sites excluding steroid dienone is 3. The number of hydrogen-bond donors (Lipinski definition) is 1. The minimum atomic E-state index is -0.828. The summed E-state index contributed by atoms with van der Waals surface area (Å²) in [6.07, 6.45) is 3.05. The van der Waals surface area contributed by atoms with Crippen LogP contribution < -0.4 is 0 Å². The van der Waals surface area contributed by atoms with E-state index in [4.69, 9.17) is 23.2 Å². The highest BCUT2D eigenvalue weighted by Gasteiger charge is 2.31. The van der Waals surface area contributed by atoms with Gasteiger partial charge in [-0.1, -0.05) is 85.1 Å². The van der Waals surface area contributed by atoms with Crippen LogP contribution in [0.3, 0.4) is 0 Å². The molecule has 1 N–H and O–H groups in total. The molecule has 6 heteroatoms. The molecular weight excluding hydrogens is 539 g/mol. The van der Waals surface area contributed by atoms with Crippen molar-refractivity contribution in [1.82, 2.24) is 9.80 Å². The van der Waals surface area contributed by atoms with Gasteiger partial charge in [-0.25, -0.2) is 0 Å². The van der Waals surface area contributed by atoms with E-state index in [0.29, 0.717) is 10.0 Å². The molecule has 0 aliphatic carbocycles. The molecule has 0 atom stereocenters. The van der Waals surface area contributed by atoms with Gasteiger partial charge in [-0.2, -0.15) is 0 Å². The Bertz CT molecular complexity index is 1360. The van der Waals surface area contributed by atoms with Crippen LogP contribution in [-0.4, -0.2) is 40.5 Å². The molecule has 2 aromatic rings. The largest absolute Gasteiger partial charge is 0.481 e. The van der Waals surface area contributed by atoms with Gasteiger partial charge >= 0.3 is 5.97 Å². The lowest BCUT2D eigenvalue weighted by Crippen LogP contribution is -2.38. The predicted octanol–water partition coefficient (Wildman–Crippen LogP) is 8.77. The number of likely N-dealkylation sites (tertiary alicyclic amines) is 1. The number of carboxylic acids is 1. The molecule has 2 aromatic carbocycles. The number of nitrogens with zero attached hydrogens (tertiary/aromatic N) is 2. The number of benzene rings is 2. The van der Waals surface area contributed by atoms with E-state index in [0.717, 1.165) is 85.5 Å². The second-order valence-electron chi connectivity index (χ2n) is 12.4. The molecule has 0 saturated carbocycles. The first kappa shape index (κ1) is 30.4. The average molecular weight is 582 g/mol. The third-order valence-electron chi connectivity index (χ3n) is 8.31. The van der Waals surface area contributed by atoms with E-state index in [9.17, 15) is 9.90 Å². The first-order valence-electron chi connectivity index (χ1n) is 14.2. The van der Waals surface area contributed by atoms with Gasteiger partial charge in [-0.15, -0.1) is 0 Å². The van der Waals surface area contributed by atoms with E-state index in [1.807, 2.05) is 25.1 Å². The SMILES string of the molecule is C=C(C)/C(CC(=O)O)=C(\C(=C(C)C)c1ccc2c(c1)CCN(Cc1cccc(Cl)c1Cl)C2)N1CCC(C)(C)CC1. The van der Waals surface area contributed by atoms with Crippen molar-refractivity contribution in [3.8, 4) is 0 Å². The van der Waals surface area contributed by atoms with Crippen molar-refractivity contribution in [1.29, 1.82) is 0 Å². The number of carboxylic acid groups (broad SMARTS) is 1. The Morgan fingerprint density at radius 2 is 1.73 bits per heavy atom. The van der Waals surface area contributed by atoms with E-state index >= 15 is 0 Å². The number of piperidine rings is 1. The van der Waals surface area contributed by atoms with Crippen LogP contribution in [0, 0.1) is 5.41 Å². The fraction of sp³-hybridized carbons (Fsp3) is 0.441. The van der Waals surface area contributed by atoms with Crippen LogP contribution in [0.4, 0.5) is 0 Å². The van der Waals surface area contributed by atoms with Crippen LogP contribution in [-0.2, 0) is 24.3 Å². The fourth-order valence-corrected chi connectivity index (χ4v) is 6.28. The lowest BCUT2D eigenvalue weighted by atomic mass is 9.81. The molecule has 0 aromatic heterocycles. The monoisotopic (exact) mass is 580 g/mol. The molecular formula is C34H42Cl2N2O2. The summed E-state index contributed by atoms with van der Waals surface area (Å²) >= 11 is 12.7. The van der Waals surface area contributed by atoms with E-state index in [2.05, 4.69) is 62.3 Å². The molecule has 4 nitrogen and oxygen atoms in total. The van der Waals surface area contributed by atoms with E-state index in [-0.39, 0.29) is 11.8 Å². The molecule has 2 aliphatic heterocycles. The fourth-order valence-electron chi connectivity index (χ4n) is 5.90. The van der Waals surface area contributed by atoms with E-state index in [1.165, 1.54) is 16.7 Å². The van der Waals surface area contributed by atoms with Crippen molar-refractivity contribution in [2.24, 2.45) is 5.41 Å². The highest BCUT2D eigenvalue weighted by molar-refractivity contribution is 6.42. The summed E-state index contributed by atoms with van der Waals surface area (Å²) in [4.78, 5) is 16.8. The third kappa shape index (κ3) is 7.02. The molecule has 40 heavy (non-hydrogen) atoms. The van der Waals surface area contributed by atoms with Gasteiger partial charge in [0.1, 0.15) is 0 Å². The van der Waals surface area contributed by atoms with Crippen LogP contribution in [0.1, 0.15) is 76.1 Å². The summed E-state index contributed by atoms with van der Waals surface area (Å²) in [6, 6.07) is 12.6. The number of halogens is 2. The lowest BCUT2D eigenvalue weighted by molar-refractivity contribution is -0.136. The van der Waals surface area contributed by atoms with Crippen molar-refractivity contribution in [2.45, 2.75) is 73.4 Å². The smallest absolute Gasteiger partial charge is 0.307 e. The average Bonchev–Trinajstić information content (AvgIpc) is 2.88. The third-order valence-corrected chi connectivity index (χ3v) is 9.17. The van der Waals surface area contributed by atoms with Gasteiger partial charge in [0, 0.05) is 44.0 Å². The normalized spacial score (nSPS) is 17.6. The van der Waals surface area contributed by atoms with E-state index < -0.39 is 5.97 Å². The molecule has 4 rings (SSSR count). The Labute approximate surface area is 250 Å². The number of carbonyl (C=O) groups is 1. The topological polar surface area (TPSA) is 43.8 Å². The van der Waals surface area contributed by atoms with Crippen LogP contribution in [0.25, 0.3) is 5.57 Å². The number of hydrogen-bond acceptors (Lipinski definition) is 3. The van der Waals surface area contributed by atoms with Crippen LogP contribution in [0.5, 0.6) is 0 Å². The summed E-state index contributed by atoms with van der Waals surface area (Å²) in [6.45, 7) is 19.4. The van der Waals surface area contributed by atoms with Crippen molar-refractivity contribution < 1.29 is 9.90 Å². The molecule has 0 amide bonds. The van der Waals surface area contributed by atoms with Gasteiger partial charge in [-0.05, 0) is 79.3 Å². The molecule has 0 radical (unpaired) electrons. The van der Waals surface area contributed by atoms with Crippen molar-refractivity contribution in [2.75, 3.05) is 19.6 Å². The Hall–Kier alpha value is -2.53. The Morgan fingerprint density at radius 1 is 1.02 bits per heavy atom. The maximum atomic E-state index is 12.0. The highest BCUT2D eigenvalue weighted by atomic mass is 35.5. The molecule has 1 fully saturated rings. The second kappa shape index (κ2) is 12.5. The second-order valence-corrected chi connectivity index (χ2v) is 13.1. The number of aliphatic carboxylic acids is 1. The molecule has 0 bridgehead atoms. The maximum absolute atomic E-state index is 12.0. The maximum Gasteiger partial charge on any atom is 0.307 e. The van der Waals surface area contributed by atoms with Crippen LogP contribution in [0.2, 0.25) is 10.0 Å². The zero-order chi connectivity index (χ0) is 29.2. The summed E-state index contributed by atoms with van der Waals surface area (Å²) in [5.74, 6) is -0.828. The van der Waals surface area contributed by atoms with E-state index in [1.54, 1.807) is 0 Å². The molecule has 214 valence electrons. The summed E-state index contributed by atoms with van der Waals surface area (Å²) in [5, 5.41) is 11.1. The Balaban J connectivity index is 1.69. The molecule has 0 spiro atoms. The lowest BCUT2D eigenvalue weighted by Gasteiger charge is -2.41. The molecule has 0 unspecified atom stereocenters. The minimum Gasteiger partial charge on any atom is -0.481 e.